The first kappa shape index (κ1) is 10.5. The van der Waals surface area contributed by atoms with Crippen LogP contribution in [0.4, 0.5) is 5.69 Å². The Hall–Kier alpha value is -0.980. The van der Waals surface area contributed by atoms with Crippen molar-refractivity contribution in [2.45, 2.75) is 33.1 Å². The van der Waals surface area contributed by atoms with E-state index in [4.69, 9.17) is 0 Å². The Morgan fingerprint density at radius 3 is 2.73 bits per heavy atom. The van der Waals surface area contributed by atoms with Gasteiger partial charge >= 0.3 is 0 Å². The molecule has 2 unspecified atom stereocenters. The first-order valence-corrected chi connectivity index (χ1v) is 6.06. The number of anilines is 1. The number of nitrogens with one attached hydrogen (secondary N) is 1. The summed E-state index contributed by atoms with van der Waals surface area (Å²) in [6.07, 6.45) is 1.28. The molecular formula is C14H21N. The first-order chi connectivity index (χ1) is 7.24. The number of hydrogen-bond acceptors (Lipinski definition) is 1. The zero-order valence-electron chi connectivity index (χ0n) is 9.96. The maximum atomic E-state index is 3.52. The molecular weight excluding hydrogens is 182 g/mol. The lowest BCUT2D eigenvalue weighted by Crippen LogP contribution is -2.19. The number of fused-ring (bicyclic) bond motifs is 1. The molecule has 2 atom stereocenters. The maximum Gasteiger partial charge on any atom is 0.0376 e. The quantitative estimate of drug-likeness (QED) is 0.786. The number of para-hydroxylation sites is 1. The van der Waals surface area contributed by atoms with Crippen LogP contribution in [0.1, 0.15) is 38.7 Å². The minimum atomic E-state index is 0.714. The Labute approximate surface area is 92.9 Å². The molecule has 1 nitrogen and oxygen atoms in total. The fourth-order valence-electron chi connectivity index (χ4n) is 2.91. The Bertz CT molecular complexity index is 330. The second kappa shape index (κ2) is 4.26. The summed E-state index contributed by atoms with van der Waals surface area (Å²) in [5, 5.41) is 3.52. The standard InChI is InChI=1S/C14H21N/c1-4-11(10(2)3)13-9-15-14-8-6-5-7-12(13)14/h5-8,10-11,13,15H,4,9H2,1-3H3. The van der Waals surface area contributed by atoms with E-state index in [9.17, 15) is 0 Å². The van der Waals surface area contributed by atoms with Crippen LogP contribution in [-0.4, -0.2) is 6.54 Å². The topological polar surface area (TPSA) is 12.0 Å². The predicted molar refractivity (Wildman–Crippen MR) is 66.3 cm³/mol. The first-order valence-electron chi connectivity index (χ1n) is 6.06. The molecule has 1 heteroatoms. The summed E-state index contributed by atoms with van der Waals surface area (Å²) in [6.45, 7) is 8.12. The molecule has 0 aromatic heterocycles. The molecule has 0 spiro atoms. The molecule has 0 bridgehead atoms. The summed E-state index contributed by atoms with van der Waals surface area (Å²) < 4.78 is 0. The Morgan fingerprint density at radius 2 is 2.07 bits per heavy atom. The van der Waals surface area contributed by atoms with Gasteiger partial charge < -0.3 is 5.32 Å². The number of rotatable bonds is 3. The highest BCUT2D eigenvalue weighted by atomic mass is 14.9. The van der Waals surface area contributed by atoms with E-state index in [0.29, 0.717) is 5.92 Å². The number of benzene rings is 1. The third-order valence-electron chi connectivity index (χ3n) is 3.72. The van der Waals surface area contributed by atoms with Crippen molar-refractivity contribution in [3.8, 4) is 0 Å². The van der Waals surface area contributed by atoms with Gasteiger partial charge in [-0.15, -0.1) is 0 Å². The molecule has 0 aliphatic carbocycles. The smallest absolute Gasteiger partial charge is 0.0376 e. The van der Waals surface area contributed by atoms with E-state index >= 15 is 0 Å². The third kappa shape index (κ3) is 1.88. The van der Waals surface area contributed by atoms with Crippen LogP contribution in [0.5, 0.6) is 0 Å². The summed E-state index contributed by atoms with van der Waals surface area (Å²) in [5.41, 5.74) is 2.87. The minimum Gasteiger partial charge on any atom is -0.384 e. The van der Waals surface area contributed by atoms with Crippen molar-refractivity contribution in [3.05, 3.63) is 29.8 Å². The van der Waals surface area contributed by atoms with Gasteiger partial charge in [-0.25, -0.2) is 0 Å². The van der Waals surface area contributed by atoms with E-state index in [2.05, 4.69) is 50.4 Å². The molecule has 0 amide bonds. The van der Waals surface area contributed by atoms with Gasteiger partial charge in [0.1, 0.15) is 0 Å². The average molecular weight is 203 g/mol. The molecule has 0 saturated carbocycles. The van der Waals surface area contributed by atoms with Crippen molar-refractivity contribution >= 4 is 5.69 Å². The zero-order chi connectivity index (χ0) is 10.8. The van der Waals surface area contributed by atoms with Gasteiger partial charge in [-0.05, 0) is 23.5 Å². The van der Waals surface area contributed by atoms with Crippen LogP contribution in [0, 0.1) is 11.8 Å². The summed E-state index contributed by atoms with van der Waals surface area (Å²) in [6, 6.07) is 8.75. The van der Waals surface area contributed by atoms with Crippen molar-refractivity contribution in [1.82, 2.24) is 0 Å². The van der Waals surface area contributed by atoms with Crippen LogP contribution < -0.4 is 5.32 Å². The van der Waals surface area contributed by atoms with E-state index in [0.717, 1.165) is 18.4 Å². The molecule has 1 aromatic carbocycles. The van der Waals surface area contributed by atoms with Crippen LogP contribution in [0.15, 0.2) is 24.3 Å². The van der Waals surface area contributed by atoms with E-state index in [1.165, 1.54) is 17.7 Å². The van der Waals surface area contributed by atoms with Crippen molar-refractivity contribution in [2.75, 3.05) is 11.9 Å². The lowest BCUT2D eigenvalue weighted by molar-refractivity contribution is 0.321. The molecule has 2 rings (SSSR count). The Kier molecular flexibility index (Phi) is 2.99. The van der Waals surface area contributed by atoms with Crippen LogP contribution in [-0.2, 0) is 0 Å². The predicted octanol–water partition coefficient (Wildman–Crippen LogP) is 3.88. The lowest BCUT2D eigenvalue weighted by Gasteiger charge is -2.25. The molecule has 0 saturated heterocycles. The zero-order valence-corrected chi connectivity index (χ0v) is 9.96. The van der Waals surface area contributed by atoms with Crippen molar-refractivity contribution in [3.63, 3.8) is 0 Å². The van der Waals surface area contributed by atoms with E-state index in [1.807, 2.05) is 0 Å². The van der Waals surface area contributed by atoms with Gasteiger partial charge in [-0.3, -0.25) is 0 Å². The van der Waals surface area contributed by atoms with Gasteiger partial charge in [0.25, 0.3) is 0 Å². The highest BCUT2D eigenvalue weighted by Crippen LogP contribution is 2.40. The Balaban J connectivity index is 2.26. The van der Waals surface area contributed by atoms with Gasteiger partial charge in [0.15, 0.2) is 0 Å². The van der Waals surface area contributed by atoms with E-state index < -0.39 is 0 Å². The molecule has 0 radical (unpaired) electrons. The van der Waals surface area contributed by atoms with E-state index in [1.54, 1.807) is 0 Å². The molecule has 1 heterocycles. The van der Waals surface area contributed by atoms with Crippen LogP contribution >= 0.6 is 0 Å². The van der Waals surface area contributed by atoms with Gasteiger partial charge in [0.05, 0.1) is 0 Å². The van der Waals surface area contributed by atoms with Gasteiger partial charge in [-0.2, -0.15) is 0 Å². The minimum absolute atomic E-state index is 0.714. The van der Waals surface area contributed by atoms with Crippen LogP contribution in [0.25, 0.3) is 0 Å². The SMILES string of the molecule is CCC(C(C)C)C1CNc2ccccc21. The molecule has 82 valence electrons. The third-order valence-corrected chi connectivity index (χ3v) is 3.72. The summed E-state index contributed by atoms with van der Waals surface area (Å²) in [5.74, 6) is 2.29. The van der Waals surface area contributed by atoms with Crippen LogP contribution in [0.3, 0.4) is 0 Å². The fraction of sp³-hybridized carbons (Fsp3) is 0.571. The van der Waals surface area contributed by atoms with Gasteiger partial charge in [-0.1, -0.05) is 45.4 Å². The molecule has 1 aliphatic heterocycles. The summed E-state index contributed by atoms with van der Waals surface area (Å²) >= 11 is 0. The van der Waals surface area contributed by atoms with E-state index in [-0.39, 0.29) is 0 Å². The summed E-state index contributed by atoms with van der Waals surface area (Å²) in [7, 11) is 0. The molecule has 1 N–H and O–H groups in total. The second-order valence-corrected chi connectivity index (χ2v) is 4.89. The van der Waals surface area contributed by atoms with Crippen molar-refractivity contribution in [1.29, 1.82) is 0 Å². The lowest BCUT2D eigenvalue weighted by atomic mass is 9.79. The van der Waals surface area contributed by atoms with Gasteiger partial charge in [0.2, 0.25) is 0 Å². The molecule has 1 aliphatic rings. The maximum absolute atomic E-state index is 3.52. The average Bonchev–Trinajstić information content (AvgIpc) is 2.63. The number of hydrogen-bond donors (Lipinski definition) is 1. The molecule has 1 aromatic rings. The monoisotopic (exact) mass is 203 g/mol. The highest BCUT2D eigenvalue weighted by Gasteiger charge is 2.29. The van der Waals surface area contributed by atoms with Crippen molar-refractivity contribution < 1.29 is 0 Å². The van der Waals surface area contributed by atoms with Crippen LogP contribution in [0.2, 0.25) is 0 Å². The largest absolute Gasteiger partial charge is 0.384 e. The molecule has 0 fully saturated rings. The van der Waals surface area contributed by atoms with Crippen molar-refractivity contribution in [2.24, 2.45) is 11.8 Å². The summed E-state index contributed by atoms with van der Waals surface area (Å²) in [4.78, 5) is 0. The second-order valence-electron chi connectivity index (χ2n) is 4.89. The molecule has 15 heavy (non-hydrogen) atoms. The normalized spacial score (nSPS) is 21.2. The fourth-order valence-corrected chi connectivity index (χ4v) is 2.91. The Morgan fingerprint density at radius 1 is 1.33 bits per heavy atom. The highest BCUT2D eigenvalue weighted by molar-refractivity contribution is 5.57. The van der Waals surface area contributed by atoms with Gasteiger partial charge in [0, 0.05) is 18.2 Å².